The lowest BCUT2D eigenvalue weighted by Gasteiger charge is -2.15. The number of ether oxygens (including phenoxy) is 1. The maximum absolute atomic E-state index is 6.25. The zero-order chi connectivity index (χ0) is 30.5. The van der Waals surface area contributed by atoms with Gasteiger partial charge >= 0.3 is 0 Å². The van der Waals surface area contributed by atoms with E-state index in [0.717, 1.165) is 60.9 Å². The summed E-state index contributed by atoms with van der Waals surface area (Å²) in [4.78, 5) is 8.76. The van der Waals surface area contributed by atoms with Gasteiger partial charge < -0.3 is 9.15 Å². The zero-order valence-corrected chi connectivity index (χ0v) is 25.0. The number of furan rings is 1. The van der Waals surface area contributed by atoms with E-state index in [0.29, 0.717) is 13.2 Å². The molecule has 3 aromatic heterocycles. The molecule has 0 N–H and O–H groups in total. The van der Waals surface area contributed by atoms with Crippen LogP contribution in [0.5, 0.6) is 0 Å². The van der Waals surface area contributed by atoms with Gasteiger partial charge in [-0.05, 0) is 110 Å². The fourth-order valence-corrected chi connectivity index (χ4v) is 6.76. The summed E-state index contributed by atoms with van der Waals surface area (Å²) in [6, 6.07) is 43.0. The molecule has 5 aromatic carbocycles. The number of para-hydroxylation sites is 1. The Balaban J connectivity index is 1.17. The number of benzene rings is 5. The predicted molar refractivity (Wildman–Crippen MR) is 185 cm³/mol. The number of aromatic nitrogens is 2. The summed E-state index contributed by atoms with van der Waals surface area (Å²) in [6.45, 7) is 1.12. The first-order valence-corrected chi connectivity index (χ1v) is 15.5. The van der Waals surface area contributed by atoms with Gasteiger partial charge in [0.2, 0.25) is 0 Å². The van der Waals surface area contributed by atoms with Crippen molar-refractivity contribution in [2.75, 3.05) is 0 Å². The third-order valence-corrected chi connectivity index (χ3v) is 8.99. The molecular weight excluding hydrogens is 564 g/mol. The van der Waals surface area contributed by atoms with Crippen LogP contribution < -0.4 is 0 Å². The molecule has 1 aliphatic rings. The SMILES string of the molecule is c1cncc(-c2cc(-c3cccnc3)cc(-c3ccc4c(c3)COCc3ccc(-c5cccc6oc7ccccc7c56)cc3-4)c2)c1. The molecule has 0 bridgehead atoms. The largest absolute Gasteiger partial charge is 0.456 e. The summed E-state index contributed by atoms with van der Waals surface area (Å²) in [6.07, 6.45) is 7.45. The van der Waals surface area contributed by atoms with E-state index in [-0.39, 0.29) is 0 Å². The number of hydrogen-bond acceptors (Lipinski definition) is 4. The second-order valence-electron chi connectivity index (χ2n) is 11.8. The van der Waals surface area contributed by atoms with E-state index >= 15 is 0 Å². The van der Waals surface area contributed by atoms with Crippen LogP contribution >= 0.6 is 0 Å². The van der Waals surface area contributed by atoms with E-state index in [2.05, 4.69) is 107 Å². The predicted octanol–water partition coefficient (Wildman–Crippen LogP) is 10.7. The number of rotatable bonds is 4. The second kappa shape index (κ2) is 11.0. The highest BCUT2D eigenvalue weighted by Crippen LogP contribution is 2.41. The van der Waals surface area contributed by atoms with Crippen LogP contribution in [0.1, 0.15) is 11.1 Å². The molecule has 9 rings (SSSR count). The van der Waals surface area contributed by atoms with Crippen molar-refractivity contribution in [3.05, 3.63) is 157 Å². The first-order valence-electron chi connectivity index (χ1n) is 15.5. The van der Waals surface area contributed by atoms with Crippen LogP contribution in [0.4, 0.5) is 0 Å². The average molecular weight is 593 g/mol. The molecule has 4 heteroatoms. The second-order valence-corrected chi connectivity index (χ2v) is 11.8. The summed E-state index contributed by atoms with van der Waals surface area (Å²) < 4.78 is 12.5. The lowest BCUT2D eigenvalue weighted by molar-refractivity contribution is 0.110. The molecule has 0 aliphatic carbocycles. The summed E-state index contributed by atoms with van der Waals surface area (Å²) >= 11 is 0. The molecule has 0 radical (unpaired) electrons. The molecule has 46 heavy (non-hydrogen) atoms. The van der Waals surface area contributed by atoms with Crippen molar-refractivity contribution in [2.24, 2.45) is 0 Å². The normalized spacial score (nSPS) is 12.5. The first-order chi connectivity index (χ1) is 22.8. The molecule has 218 valence electrons. The van der Waals surface area contributed by atoms with Gasteiger partial charge in [-0.25, -0.2) is 0 Å². The highest BCUT2D eigenvalue weighted by atomic mass is 16.5. The van der Waals surface area contributed by atoms with Gasteiger partial charge in [-0.15, -0.1) is 0 Å². The van der Waals surface area contributed by atoms with Crippen molar-refractivity contribution in [1.29, 1.82) is 0 Å². The van der Waals surface area contributed by atoms with E-state index in [9.17, 15) is 0 Å². The Bertz CT molecular complexity index is 2340. The highest BCUT2D eigenvalue weighted by molar-refractivity contribution is 6.12. The van der Waals surface area contributed by atoms with Crippen molar-refractivity contribution >= 4 is 21.9 Å². The molecule has 1 aliphatic heterocycles. The Kier molecular flexibility index (Phi) is 6.32. The topological polar surface area (TPSA) is 48.2 Å². The fraction of sp³-hybridized carbons (Fsp3) is 0.0476. The summed E-state index contributed by atoms with van der Waals surface area (Å²) in [5.74, 6) is 0. The lowest BCUT2D eigenvalue weighted by atomic mass is 9.89. The maximum Gasteiger partial charge on any atom is 0.136 e. The minimum Gasteiger partial charge on any atom is -0.456 e. The van der Waals surface area contributed by atoms with Gasteiger partial charge in [-0.2, -0.15) is 0 Å². The Morgan fingerprint density at radius 3 is 1.89 bits per heavy atom. The molecule has 4 heterocycles. The Morgan fingerprint density at radius 2 is 1.13 bits per heavy atom. The van der Waals surface area contributed by atoms with Gasteiger partial charge in [-0.1, -0.05) is 66.7 Å². The molecule has 0 unspecified atom stereocenters. The molecule has 0 saturated heterocycles. The maximum atomic E-state index is 6.25. The van der Waals surface area contributed by atoms with E-state index in [4.69, 9.17) is 9.15 Å². The number of nitrogens with zero attached hydrogens (tertiary/aromatic N) is 2. The van der Waals surface area contributed by atoms with E-state index in [1.807, 2.05) is 49.1 Å². The fourth-order valence-electron chi connectivity index (χ4n) is 6.76. The first kappa shape index (κ1) is 26.6. The smallest absolute Gasteiger partial charge is 0.136 e. The van der Waals surface area contributed by atoms with Crippen LogP contribution in [0.25, 0.3) is 77.6 Å². The van der Waals surface area contributed by atoms with E-state index < -0.39 is 0 Å². The molecule has 4 nitrogen and oxygen atoms in total. The molecule has 8 aromatic rings. The number of pyridine rings is 2. The monoisotopic (exact) mass is 592 g/mol. The van der Waals surface area contributed by atoms with Crippen molar-refractivity contribution < 1.29 is 9.15 Å². The Morgan fingerprint density at radius 1 is 0.435 bits per heavy atom. The van der Waals surface area contributed by atoms with Crippen LogP contribution in [0.15, 0.2) is 151 Å². The van der Waals surface area contributed by atoms with Gasteiger partial charge in [-0.3, -0.25) is 9.97 Å². The third-order valence-electron chi connectivity index (χ3n) is 8.99. The number of hydrogen-bond donors (Lipinski definition) is 0. The van der Waals surface area contributed by atoms with E-state index in [1.165, 1.54) is 27.8 Å². The Labute approximate surface area is 266 Å². The molecule has 0 atom stereocenters. The van der Waals surface area contributed by atoms with Crippen molar-refractivity contribution in [1.82, 2.24) is 9.97 Å². The van der Waals surface area contributed by atoms with E-state index in [1.54, 1.807) is 0 Å². The summed E-state index contributed by atoms with van der Waals surface area (Å²) in [7, 11) is 0. The van der Waals surface area contributed by atoms with Gasteiger partial charge in [0.25, 0.3) is 0 Å². The van der Waals surface area contributed by atoms with Crippen LogP contribution in [0.3, 0.4) is 0 Å². The van der Waals surface area contributed by atoms with Crippen LogP contribution in [0.2, 0.25) is 0 Å². The van der Waals surface area contributed by atoms with Gasteiger partial charge in [0.15, 0.2) is 0 Å². The molecule has 0 spiro atoms. The number of fused-ring (bicyclic) bond motifs is 6. The minimum absolute atomic E-state index is 0.549. The van der Waals surface area contributed by atoms with Gasteiger partial charge in [0, 0.05) is 46.7 Å². The van der Waals surface area contributed by atoms with Crippen LogP contribution in [0, 0.1) is 0 Å². The quantitative estimate of drug-likeness (QED) is 0.204. The molecule has 0 saturated carbocycles. The third kappa shape index (κ3) is 4.59. The lowest BCUT2D eigenvalue weighted by Crippen LogP contribution is -1.92. The molecular formula is C42H28N2O2. The van der Waals surface area contributed by atoms with Crippen LogP contribution in [-0.2, 0) is 18.0 Å². The highest BCUT2D eigenvalue weighted by Gasteiger charge is 2.19. The summed E-state index contributed by atoms with van der Waals surface area (Å²) in [5, 5.41) is 2.28. The van der Waals surface area contributed by atoms with Crippen molar-refractivity contribution in [2.45, 2.75) is 13.2 Å². The standard InChI is InChI=1S/C42H28N2O2/c1-2-10-40-38(8-1)42-37(9-3-11-41(42)46-40)28-12-13-31-25-45-26-35-18-27(14-15-36(35)39(31)22-28)32-19-33(29-6-4-16-43-23-29)21-34(20-32)30-7-5-17-44-24-30/h1-24H,25-26H2. The molecule has 0 fully saturated rings. The van der Waals surface area contributed by atoms with Crippen molar-refractivity contribution in [3.63, 3.8) is 0 Å². The zero-order valence-electron chi connectivity index (χ0n) is 25.0. The summed E-state index contributed by atoms with van der Waals surface area (Å²) in [5.41, 5.74) is 15.6. The van der Waals surface area contributed by atoms with Gasteiger partial charge in [0.05, 0.1) is 13.2 Å². The van der Waals surface area contributed by atoms with Crippen LogP contribution in [-0.4, -0.2) is 9.97 Å². The van der Waals surface area contributed by atoms with Gasteiger partial charge in [0.1, 0.15) is 11.2 Å². The Hall–Kier alpha value is -5.84. The average Bonchev–Trinajstić information content (AvgIpc) is 3.41. The molecule has 0 amide bonds. The minimum atomic E-state index is 0.549. The van der Waals surface area contributed by atoms with Crippen molar-refractivity contribution in [3.8, 4) is 55.6 Å².